The molecule has 0 aliphatic carbocycles. The second-order valence-corrected chi connectivity index (χ2v) is 10.2. The van der Waals surface area contributed by atoms with E-state index in [0.29, 0.717) is 35.5 Å². The molecule has 6 nitrogen and oxygen atoms in total. The summed E-state index contributed by atoms with van der Waals surface area (Å²) in [5.74, 6) is -0.540. The minimum Gasteiger partial charge on any atom is -0.479 e. The molecule has 0 aromatic heterocycles. The summed E-state index contributed by atoms with van der Waals surface area (Å²) in [5, 5.41) is 9.28. The van der Waals surface area contributed by atoms with Crippen LogP contribution in [0, 0.1) is 33.6 Å². The molecule has 1 unspecified atom stereocenters. The third kappa shape index (κ3) is 5.39. The number of hydrogen-bond acceptors (Lipinski definition) is 4. The Labute approximate surface area is 185 Å². The summed E-state index contributed by atoms with van der Waals surface area (Å²) in [6.45, 7) is 13.4. The minimum atomic E-state index is -3.84. The van der Waals surface area contributed by atoms with E-state index in [1.807, 2.05) is 45.9 Å². The second-order valence-electron chi connectivity index (χ2n) is 8.38. The van der Waals surface area contributed by atoms with Gasteiger partial charge in [0.1, 0.15) is 5.75 Å². The first-order chi connectivity index (χ1) is 14.4. The summed E-state index contributed by atoms with van der Waals surface area (Å²) in [6, 6.07) is 8.80. The lowest BCUT2D eigenvalue weighted by Gasteiger charge is -2.29. The molecular formula is C24H33NO5S. The first-order valence-electron chi connectivity index (χ1n) is 10.5. The van der Waals surface area contributed by atoms with Gasteiger partial charge in [-0.3, -0.25) is 4.31 Å². The Hall–Kier alpha value is -2.54. The Balaban J connectivity index is 2.57. The number of hydrogen-bond donors (Lipinski definition) is 1. The van der Waals surface area contributed by atoms with Gasteiger partial charge >= 0.3 is 5.97 Å². The predicted octanol–water partition coefficient (Wildman–Crippen LogP) is 5.01. The quantitative estimate of drug-likeness (QED) is 0.584. The highest BCUT2D eigenvalue weighted by molar-refractivity contribution is 7.92. The first-order valence-corrected chi connectivity index (χ1v) is 11.9. The molecule has 1 N–H and O–H groups in total. The average Bonchev–Trinajstić information content (AvgIpc) is 2.67. The number of carboxylic acid groups (broad SMARTS) is 1. The molecule has 2 rings (SSSR count). The van der Waals surface area contributed by atoms with E-state index in [4.69, 9.17) is 4.74 Å². The predicted molar refractivity (Wildman–Crippen MR) is 124 cm³/mol. The fourth-order valence-corrected chi connectivity index (χ4v) is 5.48. The van der Waals surface area contributed by atoms with Crippen LogP contribution in [0.4, 0.5) is 5.69 Å². The van der Waals surface area contributed by atoms with Gasteiger partial charge in [0.2, 0.25) is 0 Å². The van der Waals surface area contributed by atoms with Crippen LogP contribution in [0.3, 0.4) is 0 Å². The number of sulfonamides is 1. The maximum atomic E-state index is 13.8. The number of anilines is 1. The Bertz CT molecular complexity index is 1060. The fourth-order valence-electron chi connectivity index (χ4n) is 3.50. The minimum absolute atomic E-state index is 0.125. The van der Waals surface area contributed by atoms with Crippen LogP contribution in [0.5, 0.6) is 5.75 Å². The SMILES string of the molecule is CCC(Oc1ccc(S(=O)(=O)N(CC(C)C)c2ccc(C)cc2C)c(C)c1C)C(=O)O. The topological polar surface area (TPSA) is 83.9 Å². The molecule has 0 saturated heterocycles. The van der Waals surface area contributed by atoms with Crippen molar-refractivity contribution in [2.45, 2.75) is 65.9 Å². The van der Waals surface area contributed by atoms with Crippen LogP contribution in [-0.4, -0.2) is 32.1 Å². The molecule has 0 aliphatic heterocycles. The summed E-state index contributed by atoms with van der Waals surface area (Å²) in [4.78, 5) is 11.5. The van der Waals surface area contributed by atoms with E-state index < -0.39 is 22.1 Å². The molecule has 0 radical (unpaired) electrons. The van der Waals surface area contributed by atoms with Crippen molar-refractivity contribution in [3.05, 3.63) is 52.6 Å². The van der Waals surface area contributed by atoms with Crippen molar-refractivity contribution in [2.75, 3.05) is 10.8 Å². The van der Waals surface area contributed by atoms with Crippen LogP contribution in [0.15, 0.2) is 35.2 Å². The maximum Gasteiger partial charge on any atom is 0.344 e. The van der Waals surface area contributed by atoms with Gasteiger partial charge in [0, 0.05) is 6.54 Å². The highest BCUT2D eigenvalue weighted by Crippen LogP contribution is 2.33. The third-order valence-corrected chi connectivity index (χ3v) is 7.25. The normalized spacial score (nSPS) is 12.6. The number of aliphatic carboxylic acids is 1. The molecular weight excluding hydrogens is 414 g/mol. The number of aryl methyl sites for hydroxylation is 2. The van der Waals surface area contributed by atoms with E-state index in [0.717, 1.165) is 11.1 Å². The van der Waals surface area contributed by atoms with Gasteiger partial charge in [0.15, 0.2) is 6.10 Å². The molecule has 1 atom stereocenters. The van der Waals surface area contributed by atoms with Crippen LogP contribution in [0.25, 0.3) is 0 Å². The lowest BCUT2D eigenvalue weighted by Crippen LogP contribution is -2.35. The molecule has 0 bridgehead atoms. The highest BCUT2D eigenvalue weighted by Gasteiger charge is 2.30. The number of nitrogens with zero attached hydrogens (tertiary/aromatic N) is 1. The molecule has 0 saturated carbocycles. The van der Waals surface area contributed by atoms with Gasteiger partial charge in [-0.2, -0.15) is 0 Å². The number of benzene rings is 2. The summed E-state index contributed by atoms with van der Waals surface area (Å²) in [7, 11) is -3.84. The van der Waals surface area contributed by atoms with E-state index in [9.17, 15) is 18.3 Å². The molecule has 170 valence electrons. The molecule has 0 amide bonds. The standard InChI is InChI=1S/C24H33NO5S/c1-8-21(24(26)27)30-22-11-12-23(19(7)18(22)6)31(28,29)25(14-15(2)3)20-10-9-16(4)13-17(20)5/h9-13,15,21H,8,14H2,1-7H3,(H,26,27). The summed E-state index contributed by atoms with van der Waals surface area (Å²) >= 11 is 0. The molecule has 7 heteroatoms. The average molecular weight is 448 g/mol. The van der Waals surface area contributed by atoms with Crippen molar-refractivity contribution < 1.29 is 23.1 Å². The monoisotopic (exact) mass is 447 g/mol. The number of carbonyl (C=O) groups is 1. The zero-order valence-electron chi connectivity index (χ0n) is 19.4. The van der Waals surface area contributed by atoms with E-state index in [1.54, 1.807) is 26.8 Å². The Morgan fingerprint density at radius 2 is 1.71 bits per heavy atom. The van der Waals surface area contributed by atoms with Crippen LogP contribution in [0.2, 0.25) is 0 Å². The fraction of sp³-hybridized carbons (Fsp3) is 0.458. The van der Waals surface area contributed by atoms with Crippen molar-refractivity contribution in [2.24, 2.45) is 5.92 Å². The number of ether oxygens (including phenoxy) is 1. The van der Waals surface area contributed by atoms with Gasteiger partial charge in [-0.1, -0.05) is 38.5 Å². The number of carboxylic acids is 1. The Morgan fingerprint density at radius 3 is 2.23 bits per heavy atom. The van der Waals surface area contributed by atoms with Gasteiger partial charge < -0.3 is 9.84 Å². The van der Waals surface area contributed by atoms with Crippen LogP contribution >= 0.6 is 0 Å². The lowest BCUT2D eigenvalue weighted by molar-refractivity contribution is -0.145. The van der Waals surface area contributed by atoms with E-state index in [1.165, 1.54) is 10.4 Å². The zero-order valence-corrected chi connectivity index (χ0v) is 20.2. The molecule has 0 aliphatic rings. The van der Waals surface area contributed by atoms with Crippen molar-refractivity contribution in [1.29, 1.82) is 0 Å². The Kier molecular flexibility index (Phi) is 7.76. The largest absolute Gasteiger partial charge is 0.479 e. The first kappa shape index (κ1) is 24.7. The summed E-state index contributed by atoms with van der Waals surface area (Å²) < 4.78 is 34.6. The van der Waals surface area contributed by atoms with E-state index in [2.05, 4.69) is 0 Å². The van der Waals surface area contributed by atoms with Crippen LogP contribution in [0.1, 0.15) is 49.4 Å². The van der Waals surface area contributed by atoms with Gasteiger partial charge in [-0.25, -0.2) is 13.2 Å². The zero-order chi connectivity index (χ0) is 23.5. The Morgan fingerprint density at radius 1 is 1.06 bits per heavy atom. The molecule has 0 fully saturated rings. The summed E-state index contributed by atoms with van der Waals surface area (Å²) in [5.41, 5.74) is 3.79. The van der Waals surface area contributed by atoms with Crippen molar-refractivity contribution >= 4 is 21.7 Å². The second kappa shape index (κ2) is 9.73. The van der Waals surface area contributed by atoms with Crippen molar-refractivity contribution in [3.8, 4) is 5.75 Å². The van der Waals surface area contributed by atoms with Gasteiger partial charge in [-0.05, 0) is 74.9 Å². The maximum absolute atomic E-state index is 13.8. The molecule has 31 heavy (non-hydrogen) atoms. The van der Waals surface area contributed by atoms with Crippen molar-refractivity contribution in [1.82, 2.24) is 0 Å². The van der Waals surface area contributed by atoms with E-state index >= 15 is 0 Å². The number of rotatable bonds is 9. The lowest BCUT2D eigenvalue weighted by atomic mass is 10.1. The van der Waals surface area contributed by atoms with Crippen molar-refractivity contribution in [3.63, 3.8) is 0 Å². The molecule has 2 aromatic rings. The third-order valence-electron chi connectivity index (χ3n) is 5.32. The highest BCUT2D eigenvalue weighted by atomic mass is 32.2. The molecule has 0 heterocycles. The van der Waals surface area contributed by atoms with Gasteiger partial charge in [-0.15, -0.1) is 0 Å². The molecule has 2 aromatic carbocycles. The van der Waals surface area contributed by atoms with Crippen LogP contribution < -0.4 is 9.04 Å². The van der Waals surface area contributed by atoms with Gasteiger partial charge in [0.25, 0.3) is 10.0 Å². The van der Waals surface area contributed by atoms with Crippen LogP contribution in [-0.2, 0) is 14.8 Å². The smallest absolute Gasteiger partial charge is 0.344 e. The van der Waals surface area contributed by atoms with Gasteiger partial charge in [0.05, 0.1) is 10.6 Å². The van der Waals surface area contributed by atoms with E-state index in [-0.39, 0.29) is 10.8 Å². The molecule has 0 spiro atoms. The summed E-state index contributed by atoms with van der Waals surface area (Å²) in [6.07, 6.45) is -0.670.